The second kappa shape index (κ2) is 9.40. The minimum Gasteiger partial charge on any atom is -0.399 e. The molecular weight excluding hydrogens is 262 g/mol. The summed E-state index contributed by atoms with van der Waals surface area (Å²) in [6, 6.07) is 7.82. The van der Waals surface area contributed by atoms with Crippen molar-refractivity contribution in [3.63, 3.8) is 0 Å². The number of nitrogen functional groups attached to an aromatic ring is 1. The van der Waals surface area contributed by atoms with E-state index in [4.69, 9.17) is 11.5 Å². The number of nitrogens with zero attached hydrogens (tertiary/aromatic N) is 1. The number of amides is 1. The number of hydrogen-bond donors (Lipinski definition) is 2. The first-order valence-corrected chi connectivity index (χ1v) is 7.90. The van der Waals surface area contributed by atoms with Gasteiger partial charge in [0.15, 0.2) is 0 Å². The number of carbonyl (C=O) groups excluding carboxylic acids is 1. The lowest BCUT2D eigenvalue weighted by Crippen LogP contribution is -2.36. The molecule has 0 saturated heterocycles. The third-order valence-corrected chi connectivity index (χ3v) is 3.80. The van der Waals surface area contributed by atoms with Crippen LogP contribution in [0.25, 0.3) is 0 Å². The number of hydrogen-bond acceptors (Lipinski definition) is 3. The van der Waals surface area contributed by atoms with Gasteiger partial charge in [-0.15, -0.1) is 0 Å². The topological polar surface area (TPSA) is 72.3 Å². The number of nitrogens with two attached hydrogens (primary N) is 2. The fourth-order valence-corrected chi connectivity index (χ4v) is 2.64. The Labute approximate surface area is 128 Å². The summed E-state index contributed by atoms with van der Waals surface area (Å²) in [5.74, 6) is 0.342. The van der Waals surface area contributed by atoms with Crippen LogP contribution in [0.5, 0.6) is 0 Å². The van der Waals surface area contributed by atoms with E-state index in [1.54, 1.807) is 0 Å². The van der Waals surface area contributed by atoms with Crippen LogP contribution in [0.2, 0.25) is 0 Å². The van der Waals surface area contributed by atoms with Crippen molar-refractivity contribution in [3.8, 4) is 0 Å². The fourth-order valence-electron chi connectivity index (χ4n) is 2.64. The Morgan fingerprint density at radius 1 is 1.33 bits per heavy atom. The van der Waals surface area contributed by atoms with Gasteiger partial charge in [0.25, 0.3) is 0 Å². The summed E-state index contributed by atoms with van der Waals surface area (Å²) in [7, 11) is 0. The quantitative estimate of drug-likeness (QED) is 0.651. The highest BCUT2D eigenvalue weighted by Crippen LogP contribution is 2.16. The summed E-state index contributed by atoms with van der Waals surface area (Å²) >= 11 is 0. The zero-order chi connectivity index (χ0) is 15.7. The molecule has 1 aromatic rings. The van der Waals surface area contributed by atoms with Crippen LogP contribution in [0.1, 0.15) is 45.1 Å². The van der Waals surface area contributed by atoms with Crippen molar-refractivity contribution < 1.29 is 4.79 Å². The van der Waals surface area contributed by atoms with Crippen LogP contribution in [-0.4, -0.2) is 23.9 Å². The SMILES string of the molecule is CCCCC(CC)CN(CC(N)=O)Cc1cccc(N)c1. The normalized spacial score (nSPS) is 12.5. The summed E-state index contributed by atoms with van der Waals surface area (Å²) < 4.78 is 0. The molecule has 4 heteroatoms. The van der Waals surface area contributed by atoms with Crippen molar-refractivity contribution in [3.05, 3.63) is 29.8 Å². The summed E-state index contributed by atoms with van der Waals surface area (Å²) in [4.78, 5) is 13.4. The monoisotopic (exact) mass is 291 g/mol. The standard InChI is InChI=1S/C17H29N3O/c1-3-5-7-14(4-2)11-20(13-17(19)21)12-15-8-6-9-16(18)10-15/h6,8-10,14H,3-5,7,11-13,18H2,1-2H3,(H2,19,21). The molecule has 0 fully saturated rings. The summed E-state index contributed by atoms with van der Waals surface area (Å²) in [6.07, 6.45) is 4.79. The van der Waals surface area contributed by atoms with Gasteiger partial charge < -0.3 is 11.5 Å². The maximum Gasteiger partial charge on any atom is 0.231 e. The van der Waals surface area contributed by atoms with Crippen molar-refractivity contribution in [1.29, 1.82) is 0 Å². The molecule has 0 bridgehead atoms. The predicted molar refractivity (Wildman–Crippen MR) is 88.6 cm³/mol. The molecule has 118 valence electrons. The minimum absolute atomic E-state index is 0.274. The van der Waals surface area contributed by atoms with Crippen LogP contribution in [0, 0.1) is 5.92 Å². The van der Waals surface area contributed by atoms with Gasteiger partial charge in [0.2, 0.25) is 5.91 Å². The van der Waals surface area contributed by atoms with Crippen LogP contribution < -0.4 is 11.5 Å². The van der Waals surface area contributed by atoms with Gasteiger partial charge in [-0.05, 0) is 30.0 Å². The first-order valence-electron chi connectivity index (χ1n) is 7.90. The van der Waals surface area contributed by atoms with Gasteiger partial charge in [-0.1, -0.05) is 45.2 Å². The Kier molecular flexibility index (Phi) is 7.83. The molecule has 1 amide bonds. The van der Waals surface area contributed by atoms with E-state index in [-0.39, 0.29) is 5.91 Å². The molecule has 0 saturated carbocycles. The largest absolute Gasteiger partial charge is 0.399 e. The van der Waals surface area contributed by atoms with E-state index in [0.29, 0.717) is 12.5 Å². The Balaban J connectivity index is 2.68. The van der Waals surface area contributed by atoms with Gasteiger partial charge in [-0.3, -0.25) is 9.69 Å². The number of primary amides is 1. The van der Waals surface area contributed by atoms with E-state index in [2.05, 4.69) is 18.7 Å². The first kappa shape index (κ1) is 17.5. The molecule has 1 unspecified atom stereocenters. The number of rotatable bonds is 10. The molecule has 0 aliphatic rings. The average Bonchev–Trinajstić information content (AvgIpc) is 2.42. The lowest BCUT2D eigenvalue weighted by molar-refractivity contribution is -0.119. The zero-order valence-electron chi connectivity index (χ0n) is 13.3. The molecule has 0 heterocycles. The van der Waals surface area contributed by atoms with Crippen molar-refractivity contribution in [1.82, 2.24) is 4.90 Å². The highest BCUT2D eigenvalue weighted by Gasteiger charge is 2.15. The van der Waals surface area contributed by atoms with Crippen molar-refractivity contribution in [2.24, 2.45) is 11.7 Å². The minimum atomic E-state index is -0.274. The third-order valence-electron chi connectivity index (χ3n) is 3.80. The zero-order valence-corrected chi connectivity index (χ0v) is 13.3. The Bertz CT molecular complexity index is 434. The number of carbonyl (C=O) groups is 1. The molecule has 1 atom stereocenters. The first-order chi connectivity index (χ1) is 10.0. The summed E-state index contributed by atoms with van der Waals surface area (Å²) in [6.45, 7) is 6.35. The maximum absolute atomic E-state index is 11.3. The van der Waals surface area contributed by atoms with Crippen molar-refractivity contribution in [2.75, 3.05) is 18.8 Å². The summed E-state index contributed by atoms with van der Waals surface area (Å²) in [5, 5.41) is 0. The van der Waals surface area contributed by atoms with E-state index in [9.17, 15) is 4.79 Å². The lowest BCUT2D eigenvalue weighted by Gasteiger charge is -2.26. The smallest absolute Gasteiger partial charge is 0.231 e. The van der Waals surface area contributed by atoms with Gasteiger partial charge in [-0.2, -0.15) is 0 Å². The second-order valence-corrected chi connectivity index (χ2v) is 5.80. The molecule has 0 spiro atoms. The highest BCUT2D eigenvalue weighted by atomic mass is 16.1. The van der Waals surface area contributed by atoms with Gasteiger partial charge in [0.05, 0.1) is 6.54 Å². The number of anilines is 1. The lowest BCUT2D eigenvalue weighted by atomic mass is 9.98. The van der Waals surface area contributed by atoms with Crippen LogP contribution in [0.4, 0.5) is 5.69 Å². The number of benzene rings is 1. The molecule has 0 aliphatic heterocycles. The molecule has 4 nitrogen and oxygen atoms in total. The van der Waals surface area contributed by atoms with Crippen molar-refractivity contribution >= 4 is 11.6 Å². The average molecular weight is 291 g/mol. The van der Waals surface area contributed by atoms with E-state index < -0.39 is 0 Å². The van der Waals surface area contributed by atoms with Gasteiger partial charge in [0.1, 0.15) is 0 Å². The van der Waals surface area contributed by atoms with Crippen LogP contribution in [0.3, 0.4) is 0 Å². The van der Waals surface area contributed by atoms with Gasteiger partial charge in [0, 0.05) is 18.8 Å². The van der Waals surface area contributed by atoms with Gasteiger partial charge in [-0.25, -0.2) is 0 Å². The van der Waals surface area contributed by atoms with Crippen LogP contribution in [-0.2, 0) is 11.3 Å². The fraction of sp³-hybridized carbons (Fsp3) is 0.588. The molecular formula is C17H29N3O. The Hall–Kier alpha value is -1.55. The van der Waals surface area contributed by atoms with Crippen LogP contribution >= 0.6 is 0 Å². The molecule has 21 heavy (non-hydrogen) atoms. The maximum atomic E-state index is 11.3. The molecule has 4 N–H and O–H groups in total. The van der Waals surface area contributed by atoms with E-state index in [1.165, 1.54) is 19.3 Å². The molecule has 0 aromatic heterocycles. The second-order valence-electron chi connectivity index (χ2n) is 5.80. The molecule has 0 radical (unpaired) electrons. The molecule has 0 aliphatic carbocycles. The van der Waals surface area contributed by atoms with Crippen molar-refractivity contribution in [2.45, 2.75) is 46.1 Å². The van der Waals surface area contributed by atoms with E-state index in [0.717, 1.165) is 30.8 Å². The number of unbranched alkanes of at least 4 members (excludes halogenated alkanes) is 1. The molecule has 1 aromatic carbocycles. The van der Waals surface area contributed by atoms with Crippen LogP contribution in [0.15, 0.2) is 24.3 Å². The van der Waals surface area contributed by atoms with E-state index in [1.807, 2.05) is 24.3 Å². The molecule has 1 rings (SSSR count). The Morgan fingerprint density at radius 3 is 2.67 bits per heavy atom. The Morgan fingerprint density at radius 2 is 2.10 bits per heavy atom. The van der Waals surface area contributed by atoms with E-state index >= 15 is 0 Å². The third kappa shape index (κ3) is 7.14. The highest BCUT2D eigenvalue weighted by molar-refractivity contribution is 5.75. The van der Waals surface area contributed by atoms with Gasteiger partial charge >= 0.3 is 0 Å². The predicted octanol–water partition coefficient (Wildman–Crippen LogP) is 2.77. The summed E-state index contributed by atoms with van der Waals surface area (Å²) in [5.41, 5.74) is 13.1.